The first-order valence-corrected chi connectivity index (χ1v) is 11.7. The van der Waals surface area contributed by atoms with Crippen molar-refractivity contribution in [3.8, 4) is 22.6 Å². The van der Waals surface area contributed by atoms with Crippen LogP contribution < -0.4 is 10.5 Å². The van der Waals surface area contributed by atoms with Crippen molar-refractivity contribution in [3.05, 3.63) is 52.7 Å². The molecule has 0 aliphatic rings. The van der Waals surface area contributed by atoms with Gasteiger partial charge in [-0.25, -0.2) is 24.4 Å². The summed E-state index contributed by atoms with van der Waals surface area (Å²) in [7, 11) is 2.69. The topological polar surface area (TPSA) is 146 Å². The van der Waals surface area contributed by atoms with Gasteiger partial charge in [0.25, 0.3) is 0 Å². The van der Waals surface area contributed by atoms with E-state index in [1.54, 1.807) is 66.9 Å². The van der Waals surface area contributed by atoms with Crippen LogP contribution in [0.25, 0.3) is 22.6 Å². The van der Waals surface area contributed by atoms with Crippen LogP contribution in [0.2, 0.25) is 0 Å². The van der Waals surface area contributed by atoms with Crippen molar-refractivity contribution in [1.29, 1.82) is 0 Å². The summed E-state index contributed by atoms with van der Waals surface area (Å²) in [6.45, 7) is 9.74. The standard InChI is InChI=1S/C26H31N5O7/c1-25(2,3)37-23(34)31(24(35)38-26(4,5)6)21-20(22(33)36-8)28-18(15-11-12-17(32)30(7)14-15)19(29-21)16-10-9-13-27-16/h9-14,27H,1-8H3. The molecule has 2 amide bonds. The molecule has 0 unspecified atom stereocenters. The Morgan fingerprint density at radius 3 is 2.00 bits per heavy atom. The zero-order chi connectivity index (χ0) is 28.4. The van der Waals surface area contributed by atoms with Crippen molar-refractivity contribution in [2.75, 3.05) is 12.0 Å². The first-order chi connectivity index (χ1) is 17.6. The summed E-state index contributed by atoms with van der Waals surface area (Å²) in [6, 6.07) is 6.28. The number of imide groups is 1. The third-order valence-corrected chi connectivity index (χ3v) is 4.83. The van der Waals surface area contributed by atoms with E-state index < -0.39 is 40.9 Å². The molecule has 0 fully saturated rings. The largest absolute Gasteiger partial charge is 0.464 e. The predicted molar refractivity (Wildman–Crippen MR) is 139 cm³/mol. The molecule has 3 heterocycles. The molecule has 38 heavy (non-hydrogen) atoms. The molecule has 0 saturated heterocycles. The van der Waals surface area contributed by atoms with Gasteiger partial charge in [-0.15, -0.1) is 0 Å². The molecule has 12 heteroatoms. The van der Waals surface area contributed by atoms with E-state index in [1.807, 2.05) is 0 Å². The minimum atomic E-state index is -1.13. The number of pyridine rings is 1. The summed E-state index contributed by atoms with van der Waals surface area (Å²) in [5.74, 6) is -1.41. The number of esters is 1. The molecule has 3 rings (SSSR count). The number of carbonyl (C=O) groups excluding carboxylic acids is 3. The number of aryl methyl sites for hydroxylation is 1. The summed E-state index contributed by atoms with van der Waals surface area (Å²) in [5.41, 5.74) is -1.39. The van der Waals surface area contributed by atoms with E-state index >= 15 is 0 Å². The quantitative estimate of drug-likeness (QED) is 0.389. The lowest BCUT2D eigenvalue weighted by atomic mass is 10.1. The zero-order valence-corrected chi connectivity index (χ0v) is 22.6. The molecule has 3 aromatic heterocycles. The van der Waals surface area contributed by atoms with Gasteiger partial charge in [-0.2, -0.15) is 4.90 Å². The maximum absolute atomic E-state index is 13.3. The van der Waals surface area contributed by atoms with Gasteiger partial charge in [0.1, 0.15) is 22.6 Å². The van der Waals surface area contributed by atoms with E-state index in [1.165, 1.54) is 22.9 Å². The Hall–Kier alpha value is -4.48. The third kappa shape index (κ3) is 6.44. The molecular weight excluding hydrogens is 494 g/mol. The van der Waals surface area contributed by atoms with Crippen LogP contribution in [-0.4, -0.2) is 56.0 Å². The Morgan fingerprint density at radius 2 is 1.53 bits per heavy atom. The third-order valence-electron chi connectivity index (χ3n) is 4.83. The lowest BCUT2D eigenvalue weighted by Gasteiger charge is -2.28. The average molecular weight is 526 g/mol. The minimum absolute atomic E-state index is 0.188. The number of methoxy groups -OCH3 is 1. The number of hydrogen-bond acceptors (Lipinski definition) is 9. The Kier molecular flexibility index (Phi) is 7.75. The van der Waals surface area contributed by atoms with E-state index in [2.05, 4.69) is 15.0 Å². The number of hydrogen-bond donors (Lipinski definition) is 1. The van der Waals surface area contributed by atoms with Gasteiger partial charge in [0.2, 0.25) is 5.56 Å². The van der Waals surface area contributed by atoms with Gasteiger partial charge >= 0.3 is 18.2 Å². The van der Waals surface area contributed by atoms with Crippen molar-refractivity contribution in [2.45, 2.75) is 52.7 Å². The molecule has 0 aliphatic heterocycles. The van der Waals surface area contributed by atoms with Gasteiger partial charge < -0.3 is 23.8 Å². The number of nitrogens with one attached hydrogen (secondary N) is 1. The normalized spacial score (nSPS) is 11.6. The molecule has 202 valence electrons. The highest BCUT2D eigenvalue weighted by Crippen LogP contribution is 2.33. The number of amides is 2. The molecule has 12 nitrogen and oxygen atoms in total. The fourth-order valence-electron chi connectivity index (χ4n) is 3.28. The Bertz CT molecular complexity index is 1390. The lowest BCUT2D eigenvalue weighted by molar-refractivity contribution is 0.0428. The van der Waals surface area contributed by atoms with E-state index in [9.17, 15) is 19.2 Å². The van der Waals surface area contributed by atoms with Gasteiger partial charge in [0.05, 0.1) is 12.8 Å². The average Bonchev–Trinajstić information content (AvgIpc) is 3.32. The van der Waals surface area contributed by atoms with Crippen LogP contribution in [-0.2, 0) is 21.3 Å². The molecule has 0 atom stereocenters. The molecule has 1 N–H and O–H groups in total. The number of ether oxygens (including phenoxy) is 3. The SMILES string of the molecule is COC(=O)c1nc(-c2ccc(=O)n(C)c2)c(-c2ccc[nH]2)nc1N(C(=O)OC(C)(C)C)C(=O)OC(C)(C)C. The van der Waals surface area contributed by atoms with Crippen molar-refractivity contribution in [3.63, 3.8) is 0 Å². The Balaban J connectivity index is 2.38. The highest BCUT2D eigenvalue weighted by molar-refractivity contribution is 6.12. The summed E-state index contributed by atoms with van der Waals surface area (Å²) in [4.78, 5) is 64.2. The van der Waals surface area contributed by atoms with Crippen molar-refractivity contribution >= 4 is 24.0 Å². The second kappa shape index (κ2) is 10.5. The van der Waals surface area contributed by atoms with Crippen LogP contribution >= 0.6 is 0 Å². The Morgan fingerprint density at radius 1 is 0.921 bits per heavy atom. The van der Waals surface area contributed by atoms with Crippen LogP contribution in [0.5, 0.6) is 0 Å². The van der Waals surface area contributed by atoms with E-state index in [0.717, 1.165) is 7.11 Å². The molecule has 0 aromatic carbocycles. The summed E-state index contributed by atoms with van der Waals surface area (Å²) >= 11 is 0. The highest BCUT2D eigenvalue weighted by atomic mass is 16.6. The van der Waals surface area contributed by atoms with Crippen molar-refractivity contribution in [2.24, 2.45) is 7.05 Å². The maximum Gasteiger partial charge on any atom is 0.425 e. The van der Waals surface area contributed by atoms with E-state index in [4.69, 9.17) is 14.2 Å². The summed E-state index contributed by atoms with van der Waals surface area (Å²) in [5, 5.41) is 0. The second-order valence-corrected chi connectivity index (χ2v) is 10.3. The molecular formula is C26H31N5O7. The molecule has 3 aromatic rings. The minimum Gasteiger partial charge on any atom is -0.464 e. The van der Waals surface area contributed by atoms with Crippen LogP contribution in [0.3, 0.4) is 0 Å². The van der Waals surface area contributed by atoms with Gasteiger partial charge in [-0.05, 0) is 59.7 Å². The molecule has 0 aliphatic carbocycles. The summed E-state index contributed by atoms with van der Waals surface area (Å²) < 4.78 is 17.2. The molecule has 0 radical (unpaired) electrons. The second-order valence-electron chi connectivity index (χ2n) is 10.3. The highest BCUT2D eigenvalue weighted by Gasteiger charge is 2.38. The smallest absolute Gasteiger partial charge is 0.425 e. The van der Waals surface area contributed by atoms with Crippen molar-refractivity contribution in [1.82, 2.24) is 19.5 Å². The number of rotatable bonds is 4. The van der Waals surface area contributed by atoms with E-state index in [-0.39, 0.29) is 16.9 Å². The van der Waals surface area contributed by atoms with Crippen LogP contribution in [0.1, 0.15) is 52.0 Å². The fourth-order valence-corrected chi connectivity index (χ4v) is 3.28. The number of anilines is 1. The van der Waals surface area contributed by atoms with Gasteiger partial charge in [0.15, 0.2) is 11.5 Å². The van der Waals surface area contributed by atoms with Gasteiger partial charge in [-0.3, -0.25) is 4.79 Å². The van der Waals surface area contributed by atoms with Crippen molar-refractivity contribution < 1.29 is 28.6 Å². The Labute approximate surface area is 219 Å². The van der Waals surface area contributed by atoms with Crippen LogP contribution in [0.15, 0.2) is 41.5 Å². The monoisotopic (exact) mass is 525 g/mol. The lowest BCUT2D eigenvalue weighted by Crippen LogP contribution is -2.45. The molecule has 0 spiro atoms. The van der Waals surface area contributed by atoms with E-state index in [0.29, 0.717) is 16.2 Å². The summed E-state index contributed by atoms with van der Waals surface area (Å²) in [6.07, 6.45) is 0.922. The van der Waals surface area contributed by atoms with Gasteiger partial charge in [-0.1, -0.05) is 0 Å². The van der Waals surface area contributed by atoms with Gasteiger partial charge in [0, 0.05) is 31.1 Å². The maximum atomic E-state index is 13.3. The number of nitrogens with zero attached hydrogens (tertiary/aromatic N) is 4. The predicted octanol–water partition coefficient (Wildman–Crippen LogP) is 4.30. The number of aromatic amines is 1. The van der Waals surface area contributed by atoms with Crippen LogP contribution in [0.4, 0.5) is 15.4 Å². The molecule has 0 bridgehead atoms. The zero-order valence-electron chi connectivity index (χ0n) is 22.6. The van der Waals surface area contributed by atoms with Crippen LogP contribution in [0, 0.1) is 0 Å². The number of carbonyl (C=O) groups is 3. The fraction of sp³-hybridized carbons (Fsp3) is 0.385. The number of H-pyrrole nitrogens is 1. The molecule has 0 saturated carbocycles. The first-order valence-electron chi connectivity index (χ1n) is 11.7. The number of aromatic nitrogens is 4. The first kappa shape index (κ1) is 28.1.